The van der Waals surface area contributed by atoms with Crippen molar-refractivity contribution in [1.82, 2.24) is 20.5 Å². The standard InChI is InChI=1S/C24H31BrN6O2/c1-3-5-10-24(19-12-20(25)15-27-14-19)21(32)31(22(26)30-24)16-18-8-6-17(7-9-18)13-29-23(33)28-11-4-2/h6-9,12,14-15H,3-5,10-11,13,16H2,1-2H3,(H2,26,30)(H2,28,29,33). The predicted molar refractivity (Wildman–Crippen MR) is 132 cm³/mol. The number of carbonyl (C=O) groups is 2. The minimum Gasteiger partial charge on any atom is -0.369 e. The van der Waals surface area contributed by atoms with Crippen molar-refractivity contribution < 1.29 is 9.59 Å². The topological polar surface area (TPSA) is 113 Å². The largest absolute Gasteiger partial charge is 0.369 e. The molecule has 0 bridgehead atoms. The summed E-state index contributed by atoms with van der Waals surface area (Å²) in [6, 6.07) is 9.46. The zero-order valence-electron chi connectivity index (χ0n) is 19.1. The van der Waals surface area contributed by atoms with Crippen molar-refractivity contribution in [3.8, 4) is 0 Å². The van der Waals surface area contributed by atoms with Crippen molar-refractivity contribution in [1.29, 1.82) is 0 Å². The number of amides is 3. The van der Waals surface area contributed by atoms with Crippen LogP contribution in [0.2, 0.25) is 0 Å². The molecular formula is C24H31BrN6O2. The molecule has 1 aliphatic heterocycles. The van der Waals surface area contributed by atoms with Crippen molar-refractivity contribution in [3.63, 3.8) is 0 Å². The highest BCUT2D eigenvalue weighted by Crippen LogP contribution is 2.38. The van der Waals surface area contributed by atoms with Gasteiger partial charge in [0, 0.05) is 35.5 Å². The van der Waals surface area contributed by atoms with E-state index in [0.29, 0.717) is 26.1 Å². The molecule has 1 unspecified atom stereocenters. The number of pyridine rings is 1. The minimum absolute atomic E-state index is 0.133. The maximum absolute atomic E-state index is 13.6. The second-order valence-corrected chi connectivity index (χ2v) is 9.06. The Kier molecular flexibility index (Phi) is 8.43. The van der Waals surface area contributed by atoms with E-state index in [1.807, 2.05) is 37.3 Å². The van der Waals surface area contributed by atoms with Crippen LogP contribution >= 0.6 is 15.9 Å². The SMILES string of the molecule is CCCCC1(c2cncc(Br)c2)N=C(N)N(Cc2ccc(CNC(=O)NCCC)cc2)C1=O. The van der Waals surface area contributed by atoms with E-state index in [2.05, 4.69) is 43.5 Å². The van der Waals surface area contributed by atoms with Crippen LogP contribution < -0.4 is 16.4 Å². The van der Waals surface area contributed by atoms with Crippen molar-refractivity contribution >= 4 is 33.8 Å². The Labute approximate surface area is 203 Å². The lowest BCUT2D eigenvalue weighted by molar-refractivity contribution is -0.132. The first-order valence-electron chi connectivity index (χ1n) is 11.3. The van der Waals surface area contributed by atoms with Crippen LogP contribution in [-0.2, 0) is 23.4 Å². The van der Waals surface area contributed by atoms with E-state index in [-0.39, 0.29) is 17.9 Å². The number of halogens is 1. The van der Waals surface area contributed by atoms with Gasteiger partial charge in [-0.15, -0.1) is 0 Å². The van der Waals surface area contributed by atoms with Crippen LogP contribution in [0.5, 0.6) is 0 Å². The highest BCUT2D eigenvalue weighted by molar-refractivity contribution is 9.10. The summed E-state index contributed by atoms with van der Waals surface area (Å²) in [6.07, 6.45) is 6.63. The normalized spacial score (nSPS) is 17.7. The number of carbonyl (C=O) groups excluding carboxylic acids is 2. The molecule has 0 spiro atoms. The zero-order chi connectivity index (χ0) is 23.8. The van der Waals surface area contributed by atoms with Crippen molar-refractivity contribution in [2.45, 2.75) is 58.2 Å². The summed E-state index contributed by atoms with van der Waals surface area (Å²) in [7, 11) is 0. The molecule has 1 aromatic carbocycles. The molecule has 1 aromatic heterocycles. The fourth-order valence-corrected chi connectivity index (χ4v) is 4.14. The van der Waals surface area contributed by atoms with Crippen molar-refractivity contribution in [2.24, 2.45) is 10.7 Å². The Bertz CT molecular complexity index is 1010. The van der Waals surface area contributed by atoms with E-state index in [1.165, 1.54) is 0 Å². The van der Waals surface area contributed by atoms with E-state index in [1.54, 1.807) is 17.3 Å². The third-order valence-electron chi connectivity index (χ3n) is 5.61. The Morgan fingerprint density at radius 2 is 1.85 bits per heavy atom. The molecule has 1 atom stereocenters. The van der Waals surface area contributed by atoms with Gasteiger partial charge in [0.1, 0.15) is 0 Å². The lowest BCUT2D eigenvalue weighted by atomic mass is 9.86. The van der Waals surface area contributed by atoms with E-state index in [4.69, 9.17) is 5.73 Å². The third kappa shape index (κ3) is 5.90. The molecule has 0 saturated carbocycles. The number of guanidine groups is 1. The van der Waals surface area contributed by atoms with Gasteiger partial charge in [-0.2, -0.15) is 0 Å². The number of unbranched alkanes of at least 4 members (excludes halogenated alkanes) is 1. The Balaban J connectivity index is 1.72. The molecule has 0 fully saturated rings. The van der Waals surface area contributed by atoms with Crippen LogP contribution in [0.15, 0.2) is 52.2 Å². The van der Waals surface area contributed by atoms with Crippen LogP contribution in [0.4, 0.5) is 4.79 Å². The average Bonchev–Trinajstić information content (AvgIpc) is 3.06. The van der Waals surface area contributed by atoms with Crippen LogP contribution in [0.1, 0.15) is 56.2 Å². The van der Waals surface area contributed by atoms with Gasteiger partial charge >= 0.3 is 6.03 Å². The van der Waals surface area contributed by atoms with Gasteiger partial charge in [-0.05, 0) is 46.0 Å². The van der Waals surface area contributed by atoms with Crippen molar-refractivity contribution in [2.75, 3.05) is 6.54 Å². The lowest BCUT2D eigenvalue weighted by Crippen LogP contribution is -2.42. The summed E-state index contributed by atoms with van der Waals surface area (Å²) in [5.74, 6) is 0.0844. The van der Waals surface area contributed by atoms with Gasteiger partial charge < -0.3 is 16.4 Å². The minimum atomic E-state index is -1.05. The number of aliphatic imine (C=N–C) groups is 1. The summed E-state index contributed by atoms with van der Waals surface area (Å²) in [5, 5.41) is 5.61. The van der Waals surface area contributed by atoms with Gasteiger partial charge in [-0.3, -0.25) is 14.7 Å². The molecule has 2 aromatic rings. The summed E-state index contributed by atoms with van der Waals surface area (Å²) in [6.45, 7) is 5.49. The number of urea groups is 1. The van der Waals surface area contributed by atoms with E-state index in [9.17, 15) is 9.59 Å². The summed E-state index contributed by atoms with van der Waals surface area (Å²) >= 11 is 3.45. The second kappa shape index (κ2) is 11.3. The predicted octanol–water partition coefficient (Wildman–Crippen LogP) is 3.80. The molecule has 4 N–H and O–H groups in total. The fourth-order valence-electron chi connectivity index (χ4n) is 3.78. The maximum atomic E-state index is 13.6. The first-order valence-corrected chi connectivity index (χ1v) is 12.1. The molecular weight excluding hydrogens is 484 g/mol. The number of hydrogen-bond donors (Lipinski definition) is 3. The lowest BCUT2D eigenvalue weighted by Gasteiger charge is -2.26. The Morgan fingerprint density at radius 1 is 1.12 bits per heavy atom. The van der Waals surface area contributed by atoms with Gasteiger partial charge in [0.05, 0.1) is 6.54 Å². The highest BCUT2D eigenvalue weighted by Gasteiger charge is 2.48. The number of nitrogens with zero attached hydrogens (tertiary/aromatic N) is 3. The summed E-state index contributed by atoms with van der Waals surface area (Å²) in [5.41, 5.74) is 7.85. The molecule has 3 amide bonds. The second-order valence-electron chi connectivity index (χ2n) is 8.14. The van der Waals surface area contributed by atoms with Gasteiger partial charge in [0.2, 0.25) is 0 Å². The number of nitrogens with one attached hydrogen (secondary N) is 2. The molecule has 0 radical (unpaired) electrons. The first kappa shape index (κ1) is 24.7. The zero-order valence-corrected chi connectivity index (χ0v) is 20.7. The Morgan fingerprint density at radius 3 is 2.52 bits per heavy atom. The number of nitrogens with two attached hydrogens (primary N) is 1. The molecule has 33 heavy (non-hydrogen) atoms. The molecule has 9 heteroatoms. The van der Waals surface area contributed by atoms with Crippen molar-refractivity contribution in [3.05, 3.63) is 63.9 Å². The summed E-state index contributed by atoms with van der Waals surface area (Å²) < 4.78 is 0.795. The van der Waals surface area contributed by atoms with E-state index in [0.717, 1.165) is 40.4 Å². The van der Waals surface area contributed by atoms with Gasteiger partial charge in [0.25, 0.3) is 5.91 Å². The molecule has 176 valence electrons. The smallest absolute Gasteiger partial charge is 0.315 e. The number of benzene rings is 1. The van der Waals surface area contributed by atoms with E-state index < -0.39 is 5.54 Å². The molecule has 0 aliphatic carbocycles. The Hall–Kier alpha value is -2.94. The average molecular weight is 515 g/mol. The van der Waals surface area contributed by atoms with E-state index >= 15 is 0 Å². The van der Waals surface area contributed by atoms with Gasteiger partial charge in [0.15, 0.2) is 11.5 Å². The maximum Gasteiger partial charge on any atom is 0.315 e. The van der Waals surface area contributed by atoms with Gasteiger partial charge in [-0.1, -0.05) is 51.0 Å². The van der Waals surface area contributed by atoms with Crippen LogP contribution in [0.3, 0.4) is 0 Å². The van der Waals surface area contributed by atoms with Crippen LogP contribution in [0, 0.1) is 0 Å². The van der Waals surface area contributed by atoms with Gasteiger partial charge in [-0.25, -0.2) is 9.79 Å². The van der Waals surface area contributed by atoms with Crippen LogP contribution in [0.25, 0.3) is 0 Å². The summed E-state index contributed by atoms with van der Waals surface area (Å²) in [4.78, 5) is 35.8. The molecule has 0 saturated heterocycles. The highest BCUT2D eigenvalue weighted by atomic mass is 79.9. The fraction of sp³-hybridized carbons (Fsp3) is 0.417. The monoisotopic (exact) mass is 514 g/mol. The number of aromatic nitrogens is 1. The molecule has 2 heterocycles. The number of hydrogen-bond acceptors (Lipinski definition) is 5. The molecule has 3 rings (SSSR count). The quantitative estimate of drug-likeness (QED) is 0.447. The van der Waals surface area contributed by atoms with Crippen LogP contribution in [-0.4, -0.2) is 34.3 Å². The third-order valence-corrected chi connectivity index (χ3v) is 6.04. The first-order chi connectivity index (χ1) is 15.9. The number of rotatable bonds is 10. The molecule has 1 aliphatic rings. The molecule has 8 nitrogen and oxygen atoms in total.